The van der Waals surface area contributed by atoms with Crippen molar-refractivity contribution in [3.05, 3.63) is 60.2 Å². The zero-order valence-corrected chi connectivity index (χ0v) is 13.9. The highest BCUT2D eigenvalue weighted by Gasteiger charge is 2.58. The molecular weight excluding hydrogens is 302 g/mol. The Balaban J connectivity index is 1.79. The van der Waals surface area contributed by atoms with Crippen LogP contribution in [0.2, 0.25) is 0 Å². The fourth-order valence-corrected chi connectivity index (χ4v) is 4.27. The number of ether oxygens (including phenoxy) is 1. The molecule has 0 radical (unpaired) electrons. The summed E-state index contributed by atoms with van der Waals surface area (Å²) in [5, 5.41) is 12.3. The van der Waals surface area contributed by atoms with E-state index < -0.39 is 0 Å². The molecule has 0 aromatic heterocycles. The van der Waals surface area contributed by atoms with Crippen molar-refractivity contribution in [2.75, 3.05) is 18.8 Å². The number of benzene rings is 2. The Bertz CT molecular complexity index is 688. The quantitative estimate of drug-likeness (QED) is 0.930. The highest BCUT2D eigenvalue weighted by Crippen LogP contribution is 2.57. The number of anilines is 1. The molecule has 1 N–H and O–H groups in total. The average Bonchev–Trinajstić information content (AvgIpc) is 3.19. The van der Waals surface area contributed by atoms with Crippen LogP contribution in [-0.2, 0) is 4.84 Å². The maximum Gasteiger partial charge on any atom is 0.118 e. The topological polar surface area (TPSA) is 41.9 Å². The molecule has 2 aromatic carbocycles. The molecule has 1 aliphatic carbocycles. The molecule has 1 aliphatic heterocycles. The molecular formula is C20H23NO3. The molecule has 1 saturated heterocycles. The summed E-state index contributed by atoms with van der Waals surface area (Å²) >= 11 is 0. The summed E-state index contributed by atoms with van der Waals surface area (Å²) in [7, 11) is 1.67. The maximum atomic E-state index is 10.3. The van der Waals surface area contributed by atoms with Crippen molar-refractivity contribution in [1.82, 2.24) is 0 Å². The standard InChI is InChI=1S/C20H23NO3/c1-23-17-11-9-15(10-12-17)19-20(14-22)13-5-8-18(20)24-21(19)16-6-3-2-4-7-16/h2-4,6-7,9-12,18-19,22H,5,8,13-14H2,1H3/t18-,19+,20-/m0/s1. The minimum atomic E-state index is -0.246. The number of fused-ring (bicyclic) bond motifs is 1. The first kappa shape index (κ1) is 15.5. The lowest BCUT2D eigenvalue weighted by Gasteiger charge is -2.34. The molecule has 126 valence electrons. The third kappa shape index (κ3) is 2.29. The predicted octanol–water partition coefficient (Wildman–Crippen LogP) is 3.72. The van der Waals surface area contributed by atoms with Gasteiger partial charge in [0, 0.05) is 5.41 Å². The van der Waals surface area contributed by atoms with Crippen molar-refractivity contribution < 1.29 is 14.7 Å². The molecule has 1 heterocycles. The average molecular weight is 325 g/mol. The van der Waals surface area contributed by atoms with Crippen LogP contribution < -0.4 is 9.80 Å². The molecule has 24 heavy (non-hydrogen) atoms. The third-order valence-electron chi connectivity index (χ3n) is 5.51. The molecule has 2 fully saturated rings. The number of methoxy groups -OCH3 is 1. The first-order valence-corrected chi connectivity index (χ1v) is 8.54. The van der Waals surface area contributed by atoms with Gasteiger partial charge in [-0.2, -0.15) is 0 Å². The number of hydroxylamine groups is 1. The van der Waals surface area contributed by atoms with Crippen molar-refractivity contribution in [2.24, 2.45) is 5.41 Å². The number of aliphatic hydroxyl groups excluding tert-OH is 1. The van der Waals surface area contributed by atoms with Crippen LogP contribution in [0.5, 0.6) is 5.75 Å². The van der Waals surface area contributed by atoms with Crippen LogP contribution >= 0.6 is 0 Å². The Kier molecular flexibility index (Phi) is 3.94. The first-order chi connectivity index (χ1) is 11.8. The summed E-state index contributed by atoms with van der Waals surface area (Å²) in [6.07, 6.45) is 3.14. The van der Waals surface area contributed by atoms with Crippen LogP contribution in [-0.4, -0.2) is 24.9 Å². The molecule has 4 heteroatoms. The Morgan fingerprint density at radius 1 is 1.17 bits per heavy atom. The third-order valence-corrected chi connectivity index (χ3v) is 5.51. The van der Waals surface area contributed by atoms with Gasteiger partial charge in [-0.15, -0.1) is 0 Å². The molecule has 4 rings (SSSR count). The van der Waals surface area contributed by atoms with Gasteiger partial charge in [0.15, 0.2) is 0 Å². The highest BCUT2D eigenvalue weighted by atomic mass is 16.7. The normalized spacial score (nSPS) is 28.8. The molecule has 4 nitrogen and oxygen atoms in total. The lowest BCUT2D eigenvalue weighted by Crippen LogP contribution is -2.36. The second kappa shape index (κ2) is 6.11. The summed E-state index contributed by atoms with van der Waals surface area (Å²) in [5.74, 6) is 0.838. The number of para-hydroxylation sites is 1. The number of aliphatic hydroxyl groups is 1. The molecule has 0 amide bonds. The van der Waals surface area contributed by atoms with Gasteiger partial charge in [-0.25, -0.2) is 5.06 Å². The minimum absolute atomic E-state index is 0.00306. The van der Waals surface area contributed by atoms with E-state index in [4.69, 9.17) is 9.57 Å². The van der Waals surface area contributed by atoms with Crippen LogP contribution in [0.15, 0.2) is 54.6 Å². The summed E-state index contributed by atoms with van der Waals surface area (Å²) in [6.45, 7) is 0.137. The van der Waals surface area contributed by atoms with Crippen LogP contribution in [0, 0.1) is 5.41 Å². The van der Waals surface area contributed by atoms with Crippen LogP contribution in [0.25, 0.3) is 0 Å². The summed E-state index contributed by atoms with van der Waals surface area (Å²) in [4.78, 5) is 6.33. The van der Waals surface area contributed by atoms with E-state index >= 15 is 0 Å². The van der Waals surface area contributed by atoms with E-state index in [1.54, 1.807) is 7.11 Å². The number of rotatable bonds is 4. The molecule has 3 atom stereocenters. The Hall–Kier alpha value is -2.04. The van der Waals surface area contributed by atoms with E-state index in [0.717, 1.165) is 36.3 Å². The first-order valence-electron chi connectivity index (χ1n) is 8.54. The highest BCUT2D eigenvalue weighted by molar-refractivity contribution is 5.49. The van der Waals surface area contributed by atoms with E-state index in [9.17, 15) is 5.11 Å². The van der Waals surface area contributed by atoms with Crippen molar-refractivity contribution in [1.29, 1.82) is 0 Å². The second-order valence-electron chi connectivity index (χ2n) is 6.71. The van der Waals surface area contributed by atoms with Gasteiger partial charge in [0.1, 0.15) is 5.75 Å². The smallest absolute Gasteiger partial charge is 0.118 e. The van der Waals surface area contributed by atoms with Crippen molar-refractivity contribution in [2.45, 2.75) is 31.4 Å². The summed E-state index contributed by atoms with van der Waals surface area (Å²) < 4.78 is 5.29. The van der Waals surface area contributed by atoms with E-state index in [0.29, 0.717) is 0 Å². The van der Waals surface area contributed by atoms with E-state index in [2.05, 4.69) is 24.3 Å². The minimum Gasteiger partial charge on any atom is -0.497 e. The van der Waals surface area contributed by atoms with Crippen molar-refractivity contribution in [3.63, 3.8) is 0 Å². The zero-order chi connectivity index (χ0) is 16.6. The molecule has 0 bridgehead atoms. The largest absolute Gasteiger partial charge is 0.497 e. The number of hydrogen-bond donors (Lipinski definition) is 1. The zero-order valence-electron chi connectivity index (χ0n) is 13.9. The Labute approximate surface area is 142 Å². The van der Waals surface area contributed by atoms with Gasteiger partial charge in [0.2, 0.25) is 0 Å². The van der Waals surface area contributed by atoms with Gasteiger partial charge in [-0.1, -0.05) is 30.3 Å². The van der Waals surface area contributed by atoms with E-state index in [-0.39, 0.29) is 24.2 Å². The fourth-order valence-electron chi connectivity index (χ4n) is 4.27. The molecule has 2 aliphatic rings. The number of nitrogens with zero attached hydrogens (tertiary/aromatic N) is 1. The molecule has 1 saturated carbocycles. The van der Waals surface area contributed by atoms with Crippen molar-refractivity contribution >= 4 is 5.69 Å². The van der Waals surface area contributed by atoms with Gasteiger partial charge in [0.05, 0.1) is 31.5 Å². The fraction of sp³-hybridized carbons (Fsp3) is 0.400. The van der Waals surface area contributed by atoms with Gasteiger partial charge in [-0.3, -0.25) is 4.84 Å². The monoisotopic (exact) mass is 325 g/mol. The predicted molar refractivity (Wildman–Crippen MR) is 92.9 cm³/mol. The van der Waals surface area contributed by atoms with Crippen LogP contribution in [0.1, 0.15) is 30.9 Å². The van der Waals surface area contributed by atoms with Crippen LogP contribution in [0.4, 0.5) is 5.69 Å². The van der Waals surface area contributed by atoms with E-state index in [1.807, 2.05) is 35.4 Å². The van der Waals surface area contributed by atoms with Gasteiger partial charge in [-0.05, 0) is 49.1 Å². The summed E-state index contributed by atoms with van der Waals surface area (Å²) in [6, 6.07) is 18.3. The molecule has 2 aromatic rings. The van der Waals surface area contributed by atoms with Gasteiger partial charge in [0.25, 0.3) is 0 Å². The Morgan fingerprint density at radius 2 is 1.92 bits per heavy atom. The molecule has 0 spiro atoms. The van der Waals surface area contributed by atoms with Gasteiger partial charge < -0.3 is 9.84 Å². The lowest BCUT2D eigenvalue weighted by atomic mass is 9.75. The Morgan fingerprint density at radius 3 is 2.58 bits per heavy atom. The SMILES string of the molecule is COc1ccc([C@H]2N(c3ccccc3)O[C@H]3CCC[C@]32CO)cc1. The maximum absolute atomic E-state index is 10.3. The summed E-state index contributed by atoms with van der Waals surface area (Å²) in [5.41, 5.74) is 1.93. The van der Waals surface area contributed by atoms with Crippen molar-refractivity contribution in [3.8, 4) is 5.75 Å². The lowest BCUT2D eigenvalue weighted by molar-refractivity contribution is 0.0280. The van der Waals surface area contributed by atoms with Gasteiger partial charge >= 0.3 is 0 Å². The molecule has 0 unspecified atom stereocenters. The van der Waals surface area contributed by atoms with E-state index in [1.165, 1.54) is 0 Å². The number of hydrogen-bond acceptors (Lipinski definition) is 4. The van der Waals surface area contributed by atoms with Crippen LogP contribution in [0.3, 0.4) is 0 Å². The second-order valence-corrected chi connectivity index (χ2v) is 6.71.